The number of carbonyl (C=O) groups excluding carboxylic acids is 1. The third-order valence-corrected chi connectivity index (χ3v) is 5.99. The van der Waals surface area contributed by atoms with Crippen molar-refractivity contribution in [2.75, 3.05) is 6.26 Å². The molecule has 1 aromatic heterocycles. The van der Waals surface area contributed by atoms with Crippen molar-refractivity contribution >= 4 is 54.7 Å². The van der Waals surface area contributed by atoms with Crippen LogP contribution in [0.25, 0.3) is 0 Å². The van der Waals surface area contributed by atoms with Crippen LogP contribution in [0.15, 0.2) is 4.90 Å². The summed E-state index contributed by atoms with van der Waals surface area (Å²) in [5, 5.41) is 7.87. The fourth-order valence-electron chi connectivity index (χ4n) is 1.73. The van der Waals surface area contributed by atoms with E-state index in [1.807, 2.05) is 0 Å². The van der Waals surface area contributed by atoms with Crippen LogP contribution in [-0.2, 0) is 24.7 Å². The second-order valence-electron chi connectivity index (χ2n) is 5.96. The molecule has 1 atom stereocenters. The summed E-state index contributed by atoms with van der Waals surface area (Å²) >= 11 is 0.0571. The van der Waals surface area contributed by atoms with Crippen LogP contribution < -0.4 is 5.73 Å². The van der Waals surface area contributed by atoms with Crippen molar-refractivity contribution in [3.63, 3.8) is 0 Å². The molecule has 26 heavy (non-hydrogen) atoms. The molecule has 3 N–H and O–H groups in total. The van der Waals surface area contributed by atoms with E-state index in [9.17, 15) is 36.3 Å². The maximum Gasteiger partial charge on any atom is 0.349 e. The van der Waals surface area contributed by atoms with Gasteiger partial charge in [0.25, 0.3) is 0 Å². The minimum Gasteiger partial charge on any atom is -0.456 e. The first-order valence-electron chi connectivity index (χ1n) is 6.43. The van der Waals surface area contributed by atoms with Gasteiger partial charge >= 0.3 is 21.1 Å². The summed E-state index contributed by atoms with van der Waals surface area (Å²) in [6.07, 6.45) is 0.647. The molecule has 0 saturated heterocycles. The Labute approximate surface area is 159 Å². The van der Waals surface area contributed by atoms with E-state index < -0.39 is 62.2 Å². The monoisotopic (exact) mass is 452 g/mol. The highest BCUT2D eigenvalue weighted by Gasteiger charge is 2.42. The van der Waals surface area contributed by atoms with E-state index in [0.717, 1.165) is 0 Å². The maximum absolute atomic E-state index is 12.3. The van der Waals surface area contributed by atoms with Gasteiger partial charge in [-0.3, -0.25) is 14.7 Å². The number of thiophene rings is 1. The number of esters is 1. The van der Waals surface area contributed by atoms with E-state index in [0.29, 0.717) is 6.26 Å². The molecule has 0 fully saturated rings. The number of sulfone groups is 1. The van der Waals surface area contributed by atoms with Crippen LogP contribution in [0.4, 0.5) is 5.00 Å². The van der Waals surface area contributed by atoms with E-state index >= 15 is 0 Å². The van der Waals surface area contributed by atoms with Crippen molar-refractivity contribution in [2.24, 2.45) is 5.73 Å². The van der Waals surface area contributed by atoms with Gasteiger partial charge in [0.05, 0.1) is 4.92 Å². The molecule has 0 aliphatic heterocycles. The molecule has 0 aliphatic carbocycles. The molecule has 1 aromatic rings. The predicted octanol–water partition coefficient (Wildman–Crippen LogP) is 1.28. The van der Waals surface area contributed by atoms with Crippen molar-refractivity contribution in [1.82, 2.24) is 0 Å². The van der Waals surface area contributed by atoms with Gasteiger partial charge in [-0.1, -0.05) is 11.3 Å². The third kappa shape index (κ3) is 5.59. The topological polar surface area (TPSA) is 184 Å². The molecule has 11 nitrogen and oxygen atoms in total. The number of nitro groups is 1. The normalized spacial score (nSPS) is 13.6. The summed E-state index contributed by atoms with van der Waals surface area (Å²) in [4.78, 5) is 20.2. The van der Waals surface area contributed by atoms with Gasteiger partial charge in [-0.2, -0.15) is 8.42 Å². The number of halogens is 1. The summed E-state index contributed by atoms with van der Waals surface area (Å²) < 4.78 is 61.0. The summed E-state index contributed by atoms with van der Waals surface area (Å²) in [6, 6.07) is 0. The van der Waals surface area contributed by atoms with Gasteiger partial charge < -0.3 is 10.5 Å². The number of hydrogen-bond acceptors (Lipinski definition) is 10. The average Bonchev–Trinajstić information content (AvgIpc) is 2.74. The Morgan fingerprint density at radius 2 is 1.77 bits per heavy atom. The van der Waals surface area contributed by atoms with Crippen LogP contribution in [0.1, 0.15) is 41.4 Å². The first-order valence-corrected chi connectivity index (χ1v) is 10.6. The number of hydrogen-bond donors (Lipinski definition) is 2. The first-order chi connectivity index (χ1) is 11.0. The molecular weight excluding hydrogens is 436 g/mol. The highest BCUT2D eigenvalue weighted by atomic mass is 35.5. The fraction of sp³-hybridized carbons (Fsp3) is 0.545. The Hall–Kier alpha value is -1.32. The molecule has 0 aromatic carbocycles. The molecule has 1 unspecified atom stereocenters. The van der Waals surface area contributed by atoms with Crippen LogP contribution in [0, 0.1) is 10.1 Å². The first kappa shape index (κ1) is 24.7. The summed E-state index contributed by atoms with van der Waals surface area (Å²) in [7, 11) is -9.43. The van der Waals surface area contributed by atoms with Gasteiger partial charge in [0.1, 0.15) is 15.9 Å². The number of ether oxygens (including phenoxy) is 1. The van der Waals surface area contributed by atoms with Crippen molar-refractivity contribution in [3.05, 3.63) is 20.6 Å². The number of rotatable bonds is 5. The van der Waals surface area contributed by atoms with Gasteiger partial charge in [-0.15, -0.1) is 12.4 Å². The van der Waals surface area contributed by atoms with E-state index in [-0.39, 0.29) is 23.7 Å². The average molecular weight is 453 g/mol. The maximum atomic E-state index is 12.3. The third-order valence-electron chi connectivity index (χ3n) is 2.64. The van der Waals surface area contributed by atoms with E-state index in [1.165, 1.54) is 20.8 Å². The molecule has 0 saturated carbocycles. The van der Waals surface area contributed by atoms with Crippen LogP contribution >= 0.6 is 23.7 Å². The predicted molar refractivity (Wildman–Crippen MR) is 95.0 cm³/mol. The highest BCUT2D eigenvalue weighted by Crippen LogP contribution is 2.42. The lowest BCUT2D eigenvalue weighted by Gasteiger charge is -2.20. The van der Waals surface area contributed by atoms with Gasteiger partial charge in [0, 0.05) is 11.8 Å². The molecule has 15 heteroatoms. The van der Waals surface area contributed by atoms with E-state index in [4.69, 9.17) is 10.5 Å². The SMILES string of the molecule is CC(C)(C)OC(=O)c1sc([N+](=O)[O-])c(S(=O)(=O)O)c1C(N)S(C)(=O)=O.Cl. The lowest BCUT2D eigenvalue weighted by Crippen LogP contribution is -2.27. The Morgan fingerprint density at radius 1 is 1.31 bits per heavy atom. The molecule has 1 rings (SSSR count). The van der Waals surface area contributed by atoms with Gasteiger partial charge in [0.2, 0.25) is 0 Å². The van der Waals surface area contributed by atoms with Gasteiger partial charge in [-0.05, 0) is 20.8 Å². The highest BCUT2D eigenvalue weighted by molar-refractivity contribution is 7.91. The smallest absolute Gasteiger partial charge is 0.349 e. The Morgan fingerprint density at radius 3 is 2.08 bits per heavy atom. The summed E-state index contributed by atoms with van der Waals surface area (Å²) in [5.41, 5.74) is 3.55. The zero-order valence-corrected chi connectivity index (χ0v) is 17.2. The molecule has 0 bridgehead atoms. The molecule has 150 valence electrons. The lowest BCUT2D eigenvalue weighted by molar-refractivity contribution is -0.383. The quantitative estimate of drug-likeness (QED) is 0.285. The van der Waals surface area contributed by atoms with Crippen molar-refractivity contribution in [2.45, 2.75) is 36.6 Å². The van der Waals surface area contributed by atoms with Crippen molar-refractivity contribution < 1.29 is 35.8 Å². The van der Waals surface area contributed by atoms with Crippen molar-refractivity contribution in [3.8, 4) is 0 Å². The van der Waals surface area contributed by atoms with Crippen LogP contribution in [0.2, 0.25) is 0 Å². The van der Waals surface area contributed by atoms with Crippen molar-refractivity contribution in [1.29, 1.82) is 0 Å². The van der Waals surface area contributed by atoms with E-state index in [1.54, 1.807) is 0 Å². The minimum atomic E-state index is -5.25. The van der Waals surface area contributed by atoms with Gasteiger partial charge in [0.15, 0.2) is 14.7 Å². The zero-order chi connectivity index (χ0) is 20.0. The van der Waals surface area contributed by atoms with Crippen LogP contribution in [0.5, 0.6) is 0 Å². The molecular formula is C11H17ClN2O9S3. The molecule has 0 spiro atoms. The van der Waals surface area contributed by atoms with Gasteiger partial charge in [-0.25, -0.2) is 13.2 Å². The Bertz CT molecular complexity index is 929. The molecule has 1 heterocycles. The molecule has 0 amide bonds. The molecule has 0 aliphatic rings. The second-order valence-corrected chi connectivity index (χ2v) is 10.5. The largest absolute Gasteiger partial charge is 0.456 e. The fourth-order valence-corrected chi connectivity index (χ4v) is 4.79. The number of nitrogens with two attached hydrogens (primary N) is 1. The summed E-state index contributed by atoms with van der Waals surface area (Å²) in [6.45, 7) is 4.44. The van der Waals surface area contributed by atoms with Crippen LogP contribution in [-0.4, -0.2) is 44.1 Å². The lowest BCUT2D eigenvalue weighted by atomic mass is 10.2. The summed E-state index contributed by atoms with van der Waals surface area (Å²) in [5.74, 6) is -1.20. The standard InChI is InChI=1S/C11H16N2O9S3.ClH/c1-11(2,3)22-10(14)6-5(8(12)24(4,17)18)7(25(19,20)21)9(23-6)13(15)16;/h8H,12H2,1-4H3,(H,19,20,21);1H. The van der Waals surface area contributed by atoms with E-state index in [2.05, 4.69) is 0 Å². The molecule has 0 radical (unpaired) electrons. The minimum absolute atomic E-state index is 0. The second kappa shape index (κ2) is 7.74. The van der Waals surface area contributed by atoms with Crippen LogP contribution in [0.3, 0.4) is 0 Å². The Balaban J connectivity index is 0.00000625. The number of carbonyl (C=O) groups is 1. The Kier molecular flexibility index (Phi) is 7.34. The number of nitrogens with zero attached hydrogens (tertiary/aromatic N) is 1. The zero-order valence-electron chi connectivity index (χ0n) is 13.9.